The molecule has 2 aliphatic rings. The van der Waals surface area contributed by atoms with E-state index in [1.807, 2.05) is 0 Å². The fourth-order valence-corrected chi connectivity index (χ4v) is 4.85. The number of hydrogen-bond donors (Lipinski definition) is 0. The molecule has 0 spiro atoms. The molecular formula is C16H21BrO. The van der Waals surface area contributed by atoms with Crippen LogP contribution in [-0.4, -0.2) is 7.11 Å². The van der Waals surface area contributed by atoms with Gasteiger partial charge in [-0.3, -0.25) is 0 Å². The van der Waals surface area contributed by atoms with Crippen LogP contribution < -0.4 is 4.74 Å². The molecule has 0 aliphatic heterocycles. The Labute approximate surface area is 118 Å². The van der Waals surface area contributed by atoms with Crippen molar-refractivity contribution >= 4 is 15.9 Å². The number of ether oxygens (including phenoxy) is 1. The lowest BCUT2D eigenvalue weighted by atomic mass is 10.0. The Kier molecular flexibility index (Phi) is 3.40. The Balaban J connectivity index is 1.76. The Hall–Kier alpha value is -0.500. The summed E-state index contributed by atoms with van der Waals surface area (Å²) in [7, 11) is 1.74. The molecular weight excluding hydrogens is 288 g/mol. The average Bonchev–Trinajstić information content (AvgIpc) is 3.12. The van der Waals surface area contributed by atoms with Crippen LogP contribution in [-0.2, 0) is 0 Å². The van der Waals surface area contributed by atoms with Crippen LogP contribution in [0.25, 0.3) is 0 Å². The summed E-state index contributed by atoms with van der Waals surface area (Å²) in [5.74, 6) is 3.85. The molecule has 3 atom stereocenters. The first-order chi connectivity index (χ1) is 8.72. The standard InChI is InChI=1S/C16H21BrO/c1-10-9-11(7-8-14(10)18-2)16(17)15-12-5-3-4-6-13(12)15/h7-9,12-13,15-16H,3-6H2,1-2H3. The normalized spacial score (nSPS) is 31.6. The Morgan fingerprint density at radius 1 is 1.22 bits per heavy atom. The summed E-state index contributed by atoms with van der Waals surface area (Å²) in [6, 6.07) is 6.60. The highest BCUT2D eigenvalue weighted by atomic mass is 79.9. The maximum atomic E-state index is 5.34. The molecule has 2 aliphatic carbocycles. The molecule has 0 amide bonds. The molecule has 0 N–H and O–H groups in total. The summed E-state index contributed by atoms with van der Waals surface area (Å²) >= 11 is 3.94. The summed E-state index contributed by atoms with van der Waals surface area (Å²) < 4.78 is 5.34. The van der Waals surface area contributed by atoms with E-state index in [2.05, 4.69) is 41.1 Å². The number of benzene rings is 1. The summed E-state index contributed by atoms with van der Waals surface area (Å²) in [6.45, 7) is 2.13. The molecule has 2 fully saturated rings. The molecule has 3 unspecified atom stereocenters. The molecule has 0 aromatic heterocycles. The van der Waals surface area contributed by atoms with Gasteiger partial charge in [0.15, 0.2) is 0 Å². The molecule has 18 heavy (non-hydrogen) atoms. The predicted octanol–water partition coefficient (Wildman–Crippen LogP) is 4.88. The maximum Gasteiger partial charge on any atom is 0.121 e. The van der Waals surface area contributed by atoms with E-state index in [1.165, 1.54) is 36.8 Å². The largest absolute Gasteiger partial charge is 0.496 e. The Bertz CT molecular complexity index is 431. The SMILES string of the molecule is COc1ccc(C(Br)C2C3CCCCC32)cc1C. The summed E-state index contributed by atoms with van der Waals surface area (Å²) in [5.41, 5.74) is 2.66. The van der Waals surface area contributed by atoms with E-state index >= 15 is 0 Å². The van der Waals surface area contributed by atoms with Crippen LogP contribution in [0, 0.1) is 24.7 Å². The van der Waals surface area contributed by atoms with Gasteiger partial charge >= 0.3 is 0 Å². The number of alkyl halides is 1. The van der Waals surface area contributed by atoms with Gasteiger partial charge in [-0.25, -0.2) is 0 Å². The second-order valence-corrected chi connectivity index (χ2v) is 6.81. The van der Waals surface area contributed by atoms with Gasteiger partial charge in [0.2, 0.25) is 0 Å². The minimum atomic E-state index is 0.537. The van der Waals surface area contributed by atoms with Crippen LogP contribution in [0.1, 0.15) is 41.6 Å². The van der Waals surface area contributed by atoms with Crippen LogP contribution in [0.15, 0.2) is 18.2 Å². The summed E-state index contributed by atoms with van der Waals surface area (Å²) in [5, 5.41) is 0. The lowest BCUT2D eigenvalue weighted by molar-refractivity contribution is 0.411. The first kappa shape index (κ1) is 12.5. The van der Waals surface area contributed by atoms with Gasteiger partial charge in [-0.1, -0.05) is 40.9 Å². The molecule has 0 radical (unpaired) electrons. The molecule has 1 aromatic carbocycles. The first-order valence-corrected chi connectivity index (χ1v) is 7.92. The fourth-order valence-electron chi connectivity index (χ4n) is 3.78. The lowest BCUT2D eigenvalue weighted by Crippen LogP contribution is -1.97. The van der Waals surface area contributed by atoms with Crippen molar-refractivity contribution in [1.82, 2.24) is 0 Å². The second-order valence-electron chi connectivity index (χ2n) is 5.82. The molecule has 98 valence electrons. The molecule has 3 rings (SSSR count). The number of aryl methyl sites for hydroxylation is 1. The van der Waals surface area contributed by atoms with Crippen molar-refractivity contribution in [2.75, 3.05) is 7.11 Å². The van der Waals surface area contributed by atoms with Gasteiger partial charge in [0.25, 0.3) is 0 Å². The van der Waals surface area contributed by atoms with E-state index in [9.17, 15) is 0 Å². The van der Waals surface area contributed by atoms with Crippen molar-refractivity contribution in [2.45, 2.75) is 37.4 Å². The minimum absolute atomic E-state index is 0.537. The topological polar surface area (TPSA) is 9.23 Å². The van der Waals surface area contributed by atoms with Gasteiger partial charge in [-0.05, 0) is 54.7 Å². The lowest BCUT2D eigenvalue weighted by Gasteiger charge is -2.13. The van der Waals surface area contributed by atoms with Gasteiger partial charge in [-0.2, -0.15) is 0 Å². The highest BCUT2D eigenvalue weighted by Gasteiger charge is 2.53. The monoisotopic (exact) mass is 308 g/mol. The molecule has 0 saturated heterocycles. The zero-order valence-electron chi connectivity index (χ0n) is 11.2. The Morgan fingerprint density at radius 3 is 2.44 bits per heavy atom. The molecule has 1 aromatic rings. The summed E-state index contributed by atoms with van der Waals surface area (Å²) in [6.07, 6.45) is 5.79. The first-order valence-electron chi connectivity index (χ1n) is 7.01. The zero-order chi connectivity index (χ0) is 12.7. The van der Waals surface area contributed by atoms with E-state index in [1.54, 1.807) is 7.11 Å². The van der Waals surface area contributed by atoms with Gasteiger partial charge < -0.3 is 4.74 Å². The summed E-state index contributed by atoms with van der Waals surface area (Å²) in [4.78, 5) is 0.537. The van der Waals surface area contributed by atoms with E-state index in [4.69, 9.17) is 4.74 Å². The highest BCUT2D eigenvalue weighted by molar-refractivity contribution is 9.09. The van der Waals surface area contributed by atoms with Crippen LogP contribution in [0.5, 0.6) is 5.75 Å². The third-order valence-corrected chi connectivity index (χ3v) is 5.94. The average molecular weight is 309 g/mol. The van der Waals surface area contributed by atoms with Crippen LogP contribution in [0.4, 0.5) is 0 Å². The van der Waals surface area contributed by atoms with Crippen LogP contribution >= 0.6 is 15.9 Å². The van der Waals surface area contributed by atoms with Crippen molar-refractivity contribution in [2.24, 2.45) is 17.8 Å². The predicted molar refractivity (Wildman–Crippen MR) is 78.3 cm³/mol. The molecule has 2 saturated carbocycles. The van der Waals surface area contributed by atoms with Gasteiger partial charge in [0, 0.05) is 4.83 Å². The number of rotatable bonds is 3. The third kappa shape index (κ3) is 2.09. The smallest absolute Gasteiger partial charge is 0.121 e. The minimum Gasteiger partial charge on any atom is -0.496 e. The number of hydrogen-bond acceptors (Lipinski definition) is 1. The van der Waals surface area contributed by atoms with Crippen molar-refractivity contribution in [1.29, 1.82) is 0 Å². The van der Waals surface area contributed by atoms with Crippen LogP contribution in [0.2, 0.25) is 0 Å². The van der Waals surface area contributed by atoms with Gasteiger partial charge in [-0.15, -0.1) is 0 Å². The highest BCUT2D eigenvalue weighted by Crippen LogP contribution is 2.62. The van der Waals surface area contributed by atoms with Crippen molar-refractivity contribution in [3.05, 3.63) is 29.3 Å². The fraction of sp³-hybridized carbons (Fsp3) is 0.625. The van der Waals surface area contributed by atoms with E-state index in [0.717, 1.165) is 23.5 Å². The van der Waals surface area contributed by atoms with E-state index < -0.39 is 0 Å². The van der Waals surface area contributed by atoms with Crippen molar-refractivity contribution in [3.8, 4) is 5.75 Å². The third-order valence-electron chi connectivity index (χ3n) is 4.80. The molecule has 0 bridgehead atoms. The molecule has 0 heterocycles. The van der Waals surface area contributed by atoms with Crippen molar-refractivity contribution in [3.63, 3.8) is 0 Å². The van der Waals surface area contributed by atoms with Gasteiger partial charge in [0.1, 0.15) is 5.75 Å². The van der Waals surface area contributed by atoms with Gasteiger partial charge in [0.05, 0.1) is 7.11 Å². The number of halogens is 1. The second kappa shape index (κ2) is 4.88. The number of fused-ring (bicyclic) bond motifs is 1. The quantitative estimate of drug-likeness (QED) is 0.723. The van der Waals surface area contributed by atoms with Crippen molar-refractivity contribution < 1.29 is 4.74 Å². The molecule has 2 heteroatoms. The van der Waals surface area contributed by atoms with E-state index in [0.29, 0.717) is 4.83 Å². The van der Waals surface area contributed by atoms with E-state index in [-0.39, 0.29) is 0 Å². The Morgan fingerprint density at radius 2 is 1.89 bits per heavy atom. The zero-order valence-corrected chi connectivity index (χ0v) is 12.7. The molecule has 1 nitrogen and oxygen atoms in total. The van der Waals surface area contributed by atoms with Crippen LogP contribution in [0.3, 0.4) is 0 Å². The number of methoxy groups -OCH3 is 1. The maximum absolute atomic E-state index is 5.34.